The van der Waals surface area contributed by atoms with Gasteiger partial charge in [0.2, 0.25) is 5.91 Å². The molecule has 0 aromatic heterocycles. The molecule has 0 fully saturated rings. The number of unbranched alkanes of at least 4 members (excludes halogenated alkanes) is 3. The van der Waals surface area contributed by atoms with Gasteiger partial charge in [0.15, 0.2) is 0 Å². The van der Waals surface area contributed by atoms with Crippen LogP contribution < -0.4 is 5.32 Å². The van der Waals surface area contributed by atoms with Gasteiger partial charge in [0, 0.05) is 23.0 Å². The first-order valence-electron chi connectivity index (χ1n) is 6.92. The monoisotopic (exact) mass is 331 g/mol. The number of hydrogen-bond acceptors (Lipinski definition) is 2. The molecular formula is C15H19Cl2NO3. The summed E-state index contributed by atoms with van der Waals surface area (Å²) in [7, 11) is 0. The summed E-state index contributed by atoms with van der Waals surface area (Å²) >= 11 is 12.0. The number of carboxylic acid groups (broad SMARTS) is 1. The van der Waals surface area contributed by atoms with Gasteiger partial charge in [-0.25, -0.2) is 0 Å². The second kappa shape index (κ2) is 9.64. The summed E-state index contributed by atoms with van der Waals surface area (Å²) in [5, 5.41) is 12.3. The van der Waals surface area contributed by atoms with Gasteiger partial charge in [0.1, 0.15) is 0 Å². The Balaban J connectivity index is 2.19. The first kappa shape index (κ1) is 17.8. The third-order valence-electron chi connectivity index (χ3n) is 3.04. The molecule has 0 aliphatic rings. The maximum Gasteiger partial charge on any atom is 0.303 e. The predicted molar refractivity (Wildman–Crippen MR) is 83.9 cm³/mol. The number of nitrogens with one attached hydrogen (secondary N) is 1. The standard InChI is InChI=1S/C15H19Cl2NO3/c16-12-6-5-7-13(17)11(12)10-14(19)18-9-4-2-1-3-8-15(20)21/h5-7H,1-4,8-10H2,(H,18,19)(H,20,21). The van der Waals surface area contributed by atoms with E-state index in [9.17, 15) is 9.59 Å². The zero-order valence-electron chi connectivity index (χ0n) is 11.7. The Hall–Kier alpha value is -1.26. The van der Waals surface area contributed by atoms with Gasteiger partial charge in [-0.3, -0.25) is 9.59 Å². The number of rotatable bonds is 9. The normalized spacial score (nSPS) is 10.4. The third kappa shape index (κ3) is 7.34. The Morgan fingerprint density at radius 3 is 2.29 bits per heavy atom. The molecule has 0 bridgehead atoms. The molecule has 6 heteroatoms. The van der Waals surface area contributed by atoms with Crippen molar-refractivity contribution in [1.82, 2.24) is 5.32 Å². The Bertz CT molecular complexity index is 472. The van der Waals surface area contributed by atoms with Gasteiger partial charge in [-0.1, -0.05) is 42.1 Å². The van der Waals surface area contributed by atoms with E-state index >= 15 is 0 Å². The lowest BCUT2D eigenvalue weighted by Crippen LogP contribution is -2.26. The predicted octanol–water partition coefficient (Wildman–Crippen LogP) is 3.69. The van der Waals surface area contributed by atoms with Crippen LogP contribution in [-0.2, 0) is 16.0 Å². The molecule has 0 aliphatic carbocycles. The van der Waals surface area contributed by atoms with Gasteiger partial charge >= 0.3 is 5.97 Å². The number of carbonyl (C=O) groups is 2. The molecule has 0 aliphatic heterocycles. The number of carboxylic acids is 1. The van der Waals surface area contributed by atoms with Crippen LogP contribution in [0.4, 0.5) is 0 Å². The second-order valence-electron chi connectivity index (χ2n) is 4.78. The smallest absolute Gasteiger partial charge is 0.303 e. The van der Waals surface area contributed by atoms with Gasteiger partial charge in [0.25, 0.3) is 0 Å². The topological polar surface area (TPSA) is 66.4 Å². The number of carbonyl (C=O) groups excluding carboxylic acids is 1. The first-order valence-corrected chi connectivity index (χ1v) is 7.67. The van der Waals surface area contributed by atoms with E-state index in [1.165, 1.54) is 0 Å². The molecule has 1 amide bonds. The van der Waals surface area contributed by atoms with Gasteiger partial charge in [0.05, 0.1) is 6.42 Å². The molecule has 0 saturated heterocycles. The largest absolute Gasteiger partial charge is 0.481 e. The zero-order chi connectivity index (χ0) is 15.7. The molecule has 21 heavy (non-hydrogen) atoms. The minimum absolute atomic E-state index is 0.115. The average molecular weight is 332 g/mol. The quantitative estimate of drug-likeness (QED) is 0.678. The number of benzene rings is 1. The lowest BCUT2D eigenvalue weighted by Gasteiger charge is -2.08. The van der Waals surface area contributed by atoms with Crippen LogP contribution in [0.3, 0.4) is 0 Å². The summed E-state index contributed by atoms with van der Waals surface area (Å²) in [6.45, 7) is 0.577. The van der Waals surface area contributed by atoms with Crippen LogP contribution in [0.25, 0.3) is 0 Å². The molecule has 0 spiro atoms. The van der Waals surface area contributed by atoms with E-state index in [0.717, 1.165) is 19.3 Å². The molecule has 4 nitrogen and oxygen atoms in total. The van der Waals surface area contributed by atoms with E-state index in [2.05, 4.69) is 5.32 Å². The van der Waals surface area contributed by atoms with E-state index in [1.54, 1.807) is 18.2 Å². The maximum atomic E-state index is 11.8. The summed E-state index contributed by atoms with van der Waals surface area (Å²) in [4.78, 5) is 22.1. The van der Waals surface area contributed by atoms with Gasteiger partial charge < -0.3 is 10.4 Å². The number of aliphatic carboxylic acids is 1. The maximum absolute atomic E-state index is 11.8. The van der Waals surface area contributed by atoms with Crippen LogP contribution in [0.1, 0.15) is 37.7 Å². The van der Waals surface area contributed by atoms with E-state index in [-0.39, 0.29) is 18.7 Å². The van der Waals surface area contributed by atoms with Gasteiger partial charge in [-0.05, 0) is 30.5 Å². The fraction of sp³-hybridized carbons (Fsp3) is 0.467. The van der Waals surface area contributed by atoms with Crippen molar-refractivity contribution < 1.29 is 14.7 Å². The average Bonchev–Trinajstić information content (AvgIpc) is 2.41. The minimum atomic E-state index is -0.764. The molecule has 0 heterocycles. The van der Waals surface area contributed by atoms with E-state index in [4.69, 9.17) is 28.3 Å². The second-order valence-corrected chi connectivity index (χ2v) is 5.60. The molecule has 116 valence electrons. The van der Waals surface area contributed by atoms with Gasteiger partial charge in [-0.2, -0.15) is 0 Å². The first-order chi connectivity index (χ1) is 10.0. The van der Waals surface area contributed by atoms with Crippen molar-refractivity contribution in [2.75, 3.05) is 6.54 Å². The molecule has 0 atom stereocenters. The van der Waals surface area contributed by atoms with Crippen molar-refractivity contribution in [3.05, 3.63) is 33.8 Å². The van der Waals surface area contributed by atoms with Crippen molar-refractivity contribution >= 4 is 35.1 Å². The van der Waals surface area contributed by atoms with Crippen LogP contribution in [0.15, 0.2) is 18.2 Å². The van der Waals surface area contributed by atoms with Crippen molar-refractivity contribution in [3.8, 4) is 0 Å². The highest BCUT2D eigenvalue weighted by molar-refractivity contribution is 6.36. The Morgan fingerprint density at radius 2 is 1.67 bits per heavy atom. The highest BCUT2D eigenvalue weighted by Crippen LogP contribution is 2.24. The van der Waals surface area contributed by atoms with E-state index in [1.807, 2.05) is 0 Å². The number of halogens is 2. The SMILES string of the molecule is O=C(O)CCCCCCNC(=O)Cc1c(Cl)cccc1Cl. The summed E-state index contributed by atoms with van der Waals surface area (Å²) in [6.07, 6.45) is 3.65. The van der Waals surface area contributed by atoms with E-state index in [0.29, 0.717) is 28.6 Å². The molecule has 1 aromatic carbocycles. The summed E-state index contributed by atoms with van der Waals surface area (Å²) in [5.74, 6) is -0.879. The highest BCUT2D eigenvalue weighted by atomic mass is 35.5. The van der Waals surface area contributed by atoms with Crippen molar-refractivity contribution in [2.45, 2.75) is 38.5 Å². The number of hydrogen-bond donors (Lipinski definition) is 2. The lowest BCUT2D eigenvalue weighted by atomic mass is 10.1. The molecular weight excluding hydrogens is 313 g/mol. The van der Waals surface area contributed by atoms with Crippen LogP contribution in [-0.4, -0.2) is 23.5 Å². The van der Waals surface area contributed by atoms with Crippen LogP contribution >= 0.6 is 23.2 Å². The fourth-order valence-electron chi connectivity index (χ4n) is 1.91. The summed E-state index contributed by atoms with van der Waals surface area (Å²) in [5.41, 5.74) is 0.639. The summed E-state index contributed by atoms with van der Waals surface area (Å²) in [6, 6.07) is 5.15. The van der Waals surface area contributed by atoms with Crippen molar-refractivity contribution in [1.29, 1.82) is 0 Å². The summed E-state index contributed by atoms with van der Waals surface area (Å²) < 4.78 is 0. The molecule has 0 unspecified atom stereocenters. The van der Waals surface area contributed by atoms with Crippen molar-refractivity contribution in [2.24, 2.45) is 0 Å². The molecule has 2 N–H and O–H groups in total. The molecule has 0 saturated carbocycles. The Kier molecular flexibility index (Phi) is 8.16. The van der Waals surface area contributed by atoms with Crippen molar-refractivity contribution in [3.63, 3.8) is 0 Å². The molecule has 1 rings (SSSR count). The Labute approximate surface area is 134 Å². The molecule has 1 aromatic rings. The number of amides is 1. The zero-order valence-corrected chi connectivity index (χ0v) is 13.2. The van der Waals surface area contributed by atoms with Crippen LogP contribution in [0, 0.1) is 0 Å². The Morgan fingerprint density at radius 1 is 1.05 bits per heavy atom. The third-order valence-corrected chi connectivity index (χ3v) is 3.75. The highest BCUT2D eigenvalue weighted by Gasteiger charge is 2.10. The fourth-order valence-corrected chi connectivity index (χ4v) is 2.44. The molecule has 0 radical (unpaired) electrons. The minimum Gasteiger partial charge on any atom is -0.481 e. The van der Waals surface area contributed by atoms with Gasteiger partial charge in [-0.15, -0.1) is 0 Å². The lowest BCUT2D eigenvalue weighted by molar-refractivity contribution is -0.137. The van der Waals surface area contributed by atoms with E-state index < -0.39 is 5.97 Å². The van der Waals surface area contributed by atoms with Crippen LogP contribution in [0.5, 0.6) is 0 Å². The van der Waals surface area contributed by atoms with Crippen LogP contribution in [0.2, 0.25) is 10.0 Å².